The monoisotopic (exact) mass is 122 g/mol. The van der Waals surface area contributed by atoms with Gasteiger partial charge in [-0.05, 0) is 18.9 Å². The minimum atomic E-state index is 0.249. The maximum Gasteiger partial charge on any atom is 0.155 e. The lowest BCUT2D eigenvalue weighted by Gasteiger charge is -1.93. The number of rotatable bonds is 0. The van der Waals surface area contributed by atoms with Crippen molar-refractivity contribution in [2.75, 3.05) is 0 Å². The number of hydrogen-bond donors (Lipinski definition) is 0. The summed E-state index contributed by atoms with van der Waals surface area (Å²) in [7, 11) is 0. The van der Waals surface area contributed by atoms with E-state index in [-0.39, 0.29) is 5.78 Å². The summed E-state index contributed by atoms with van der Waals surface area (Å²) in [6.07, 6.45) is 10.2. The molecule has 0 aromatic carbocycles. The van der Waals surface area contributed by atoms with Crippen LogP contribution in [0, 0.1) is 0 Å². The largest absolute Gasteiger partial charge is 0.295 e. The lowest BCUT2D eigenvalue weighted by atomic mass is 10.1. The Balaban J connectivity index is 2.50. The summed E-state index contributed by atoms with van der Waals surface area (Å²) < 4.78 is 0. The van der Waals surface area contributed by atoms with Crippen LogP contribution in [0.5, 0.6) is 0 Å². The minimum Gasteiger partial charge on any atom is -0.295 e. The molecule has 0 fully saturated rings. The van der Waals surface area contributed by atoms with Crippen molar-refractivity contribution in [1.82, 2.24) is 0 Å². The Bertz CT molecular complexity index is 154. The highest BCUT2D eigenvalue weighted by atomic mass is 16.1. The third-order valence-corrected chi connectivity index (χ3v) is 1.30. The van der Waals surface area contributed by atoms with E-state index < -0.39 is 0 Å². The van der Waals surface area contributed by atoms with Crippen molar-refractivity contribution >= 4 is 5.78 Å². The van der Waals surface area contributed by atoms with E-state index >= 15 is 0 Å². The molecular formula is C8H10O. The van der Waals surface area contributed by atoms with Gasteiger partial charge in [0, 0.05) is 6.42 Å². The molecule has 0 aromatic heterocycles. The van der Waals surface area contributed by atoms with Crippen molar-refractivity contribution in [2.24, 2.45) is 0 Å². The molecule has 0 aromatic rings. The summed E-state index contributed by atoms with van der Waals surface area (Å²) >= 11 is 0. The molecule has 0 heterocycles. The summed E-state index contributed by atoms with van der Waals surface area (Å²) in [4.78, 5) is 10.7. The van der Waals surface area contributed by atoms with Crippen molar-refractivity contribution in [3.05, 3.63) is 24.3 Å². The molecule has 1 rings (SSSR count). The van der Waals surface area contributed by atoms with E-state index in [0.29, 0.717) is 6.42 Å². The first kappa shape index (κ1) is 6.27. The van der Waals surface area contributed by atoms with Gasteiger partial charge >= 0.3 is 0 Å². The zero-order valence-electron chi connectivity index (χ0n) is 5.34. The molecule has 1 heteroatoms. The molecule has 0 unspecified atom stereocenters. The van der Waals surface area contributed by atoms with Crippen molar-refractivity contribution in [3.8, 4) is 0 Å². The van der Waals surface area contributed by atoms with Crippen LogP contribution in [0.2, 0.25) is 0 Å². The molecule has 0 N–H and O–H groups in total. The first-order valence-corrected chi connectivity index (χ1v) is 3.24. The average Bonchev–Trinajstić information content (AvgIpc) is 1.79. The fraction of sp³-hybridized carbons (Fsp3) is 0.375. The highest BCUT2D eigenvalue weighted by Gasteiger charge is 1.94. The van der Waals surface area contributed by atoms with Crippen LogP contribution in [0.1, 0.15) is 19.3 Å². The van der Waals surface area contributed by atoms with Gasteiger partial charge in [0.2, 0.25) is 0 Å². The lowest BCUT2D eigenvalue weighted by molar-refractivity contribution is -0.114. The highest BCUT2D eigenvalue weighted by molar-refractivity contribution is 5.89. The molecule has 9 heavy (non-hydrogen) atoms. The highest BCUT2D eigenvalue weighted by Crippen LogP contribution is 2.00. The van der Waals surface area contributed by atoms with Crippen LogP contribution in [-0.2, 0) is 4.79 Å². The van der Waals surface area contributed by atoms with Crippen molar-refractivity contribution in [2.45, 2.75) is 19.3 Å². The molecule has 48 valence electrons. The molecule has 0 amide bonds. The quantitative estimate of drug-likeness (QED) is 0.448. The van der Waals surface area contributed by atoms with Gasteiger partial charge in [-0.3, -0.25) is 4.79 Å². The average molecular weight is 122 g/mol. The molecule has 1 aliphatic rings. The molecule has 1 aliphatic carbocycles. The molecule has 0 bridgehead atoms. The van der Waals surface area contributed by atoms with Gasteiger partial charge in [0.1, 0.15) is 0 Å². The fourth-order valence-corrected chi connectivity index (χ4v) is 0.801. The molecular weight excluding hydrogens is 112 g/mol. The van der Waals surface area contributed by atoms with Crippen LogP contribution in [-0.4, -0.2) is 5.78 Å². The van der Waals surface area contributed by atoms with Gasteiger partial charge in [-0.25, -0.2) is 0 Å². The van der Waals surface area contributed by atoms with Gasteiger partial charge in [0.25, 0.3) is 0 Å². The zero-order chi connectivity index (χ0) is 6.53. The van der Waals surface area contributed by atoms with Crippen molar-refractivity contribution in [1.29, 1.82) is 0 Å². The third kappa shape index (κ3) is 2.27. The number of carbonyl (C=O) groups is 1. The standard InChI is InChI=1S/C8H10O/c9-8-6-4-2-1-3-5-7-8/h1-2,5,7H,3-4,6H2/b2-1-,7-5?. The van der Waals surface area contributed by atoms with Crippen LogP contribution in [0.15, 0.2) is 24.3 Å². The fourth-order valence-electron chi connectivity index (χ4n) is 0.801. The smallest absolute Gasteiger partial charge is 0.155 e. The molecule has 0 atom stereocenters. The molecule has 0 spiro atoms. The number of carbonyl (C=O) groups excluding carboxylic acids is 1. The van der Waals surface area contributed by atoms with Crippen LogP contribution in [0.3, 0.4) is 0 Å². The van der Waals surface area contributed by atoms with Gasteiger partial charge in [0.15, 0.2) is 5.78 Å². The predicted molar refractivity (Wildman–Crippen MR) is 37.1 cm³/mol. The molecule has 0 aliphatic heterocycles. The van der Waals surface area contributed by atoms with Gasteiger partial charge in [-0.15, -0.1) is 0 Å². The second kappa shape index (κ2) is 3.23. The first-order valence-electron chi connectivity index (χ1n) is 3.24. The topological polar surface area (TPSA) is 17.1 Å². The van der Waals surface area contributed by atoms with E-state index in [1.54, 1.807) is 6.08 Å². The van der Waals surface area contributed by atoms with Crippen molar-refractivity contribution < 1.29 is 4.79 Å². The first-order chi connectivity index (χ1) is 4.39. The molecule has 0 saturated carbocycles. The molecule has 0 radical (unpaired) electrons. The number of hydrogen-bond acceptors (Lipinski definition) is 1. The second-order valence-electron chi connectivity index (χ2n) is 2.11. The Hall–Kier alpha value is -0.850. The summed E-state index contributed by atoms with van der Waals surface area (Å²) in [5, 5.41) is 0. The van der Waals surface area contributed by atoms with Crippen LogP contribution < -0.4 is 0 Å². The Morgan fingerprint density at radius 1 is 1.22 bits per heavy atom. The number of allylic oxidation sites excluding steroid dienone is 4. The van der Waals surface area contributed by atoms with E-state index in [0.717, 1.165) is 12.8 Å². The SMILES string of the molecule is O=C1C=CC/C=C\CC1. The van der Waals surface area contributed by atoms with E-state index in [1.807, 2.05) is 6.08 Å². The number of ketones is 1. The van der Waals surface area contributed by atoms with Crippen LogP contribution in [0.25, 0.3) is 0 Å². The van der Waals surface area contributed by atoms with Crippen molar-refractivity contribution in [3.63, 3.8) is 0 Å². The predicted octanol–water partition coefficient (Wildman–Crippen LogP) is 1.85. The Morgan fingerprint density at radius 2 is 2.11 bits per heavy atom. The summed E-state index contributed by atoms with van der Waals surface area (Å²) in [5.41, 5.74) is 0. The normalized spacial score (nSPS) is 22.9. The molecule has 1 nitrogen and oxygen atoms in total. The van der Waals surface area contributed by atoms with E-state index in [2.05, 4.69) is 12.2 Å². The summed E-state index contributed by atoms with van der Waals surface area (Å²) in [5.74, 6) is 0.249. The van der Waals surface area contributed by atoms with Gasteiger partial charge < -0.3 is 0 Å². The Labute approximate surface area is 55.1 Å². The summed E-state index contributed by atoms with van der Waals surface area (Å²) in [6.45, 7) is 0. The maximum atomic E-state index is 10.7. The van der Waals surface area contributed by atoms with E-state index in [1.165, 1.54) is 0 Å². The van der Waals surface area contributed by atoms with Gasteiger partial charge in [0.05, 0.1) is 0 Å². The Morgan fingerprint density at radius 3 is 3.00 bits per heavy atom. The lowest BCUT2D eigenvalue weighted by Crippen LogP contribution is -1.91. The second-order valence-corrected chi connectivity index (χ2v) is 2.11. The zero-order valence-corrected chi connectivity index (χ0v) is 5.34. The van der Waals surface area contributed by atoms with Crippen LogP contribution in [0.4, 0.5) is 0 Å². The Kier molecular flexibility index (Phi) is 2.25. The van der Waals surface area contributed by atoms with E-state index in [9.17, 15) is 4.79 Å². The minimum absolute atomic E-state index is 0.249. The maximum absolute atomic E-state index is 10.7. The summed E-state index contributed by atoms with van der Waals surface area (Å²) in [6, 6.07) is 0. The third-order valence-electron chi connectivity index (χ3n) is 1.30. The van der Waals surface area contributed by atoms with Gasteiger partial charge in [-0.2, -0.15) is 0 Å². The van der Waals surface area contributed by atoms with Gasteiger partial charge in [-0.1, -0.05) is 18.2 Å². The van der Waals surface area contributed by atoms with Crippen LogP contribution >= 0.6 is 0 Å². The van der Waals surface area contributed by atoms with E-state index in [4.69, 9.17) is 0 Å². The molecule has 0 saturated heterocycles.